The number of nitrogens with zero attached hydrogens (tertiary/aromatic N) is 1. The molecule has 0 atom stereocenters. The molecular formula is C17H16N2O3. The Morgan fingerprint density at radius 1 is 1.23 bits per heavy atom. The van der Waals surface area contributed by atoms with Gasteiger partial charge in [0.2, 0.25) is 0 Å². The lowest BCUT2D eigenvalue weighted by atomic mass is 10.1. The molecule has 0 saturated carbocycles. The Kier molecular flexibility index (Phi) is 4.05. The first-order valence-electron chi connectivity index (χ1n) is 7.12. The van der Waals surface area contributed by atoms with Crippen LogP contribution in [-0.2, 0) is 11.3 Å². The van der Waals surface area contributed by atoms with Crippen molar-refractivity contribution in [2.75, 3.05) is 11.9 Å². The van der Waals surface area contributed by atoms with E-state index in [0.717, 1.165) is 16.5 Å². The average Bonchev–Trinajstić information content (AvgIpc) is 3.02. The minimum Gasteiger partial charge on any atom is -0.461 e. The van der Waals surface area contributed by atoms with Crippen molar-refractivity contribution in [1.29, 1.82) is 0 Å². The first kappa shape index (κ1) is 14.1. The molecule has 5 heteroatoms. The summed E-state index contributed by atoms with van der Waals surface area (Å²) in [7, 11) is 0. The number of esters is 1. The van der Waals surface area contributed by atoms with Crippen LogP contribution in [0.15, 0.2) is 53.1 Å². The molecule has 3 aromatic rings. The maximum Gasteiger partial charge on any atom is 0.360 e. The lowest BCUT2D eigenvalue weighted by molar-refractivity contribution is 0.0514. The van der Waals surface area contributed by atoms with Crippen LogP contribution in [0.2, 0.25) is 0 Å². The number of ether oxygens (including phenoxy) is 1. The van der Waals surface area contributed by atoms with E-state index in [4.69, 9.17) is 9.26 Å². The van der Waals surface area contributed by atoms with Crippen molar-refractivity contribution in [3.8, 4) is 0 Å². The smallest absolute Gasteiger partial charge is 0.360 e. The number of benzene rings is 2. The molecule has 1 aromatic heterocycles. The highest BCUT2D eigenvalue weighted by Crippen LogP contribution is 2.23. The van der Waals surface area contributed by atoms with Gasteiger partial charge in [-0.2, -0.15) is 0 Å². The zero-order valence-electron chi connectivity index (χ0n) is 12.2. The summed E-state index contributed by atoms with van der Waals surface area (Å²) in [5.41, 5.74) is 1.20. The van der Waals surface area contributed by atoms with Crippen LogP contribution in [0, 0.1) is 0 Å². The quantitative estimate of drug-likeness (QED) is 0.728. The van der Waals surface area contributed by atoms with E-state index in [2.05, 4.69) is 28.7 Å². The van der Waals surface area contributed by atoms with Crippen molar-refractivity contribution in [3.05, 3.63) is 60.0 Å². The summed E-state index contributed by atoms with van der Waals surface area (Å²) in [5, 5.41) is 9.32. The van der Waals surface area contributed by atoms with Gasteiger partial charge in [0.25, 0.3) is 0 Å². The Labute approximate surface area is 127 Å². The van der Waals surface area contributed by atoms with Crippen molar-refractivity contribution >= 4 is 22.4 Å². The minimum absolute atomic E-state index is 0.191. The van der Waals surface area contributed by atoms with E-state index in [0.29, 0.717) is 18.9 Å². The molecule has 1 heterocycles. The number of hydrogen-bond donors (Lipinski definition) is 1. The van der Waals surface area contributed by atoms with Crippen molar-refractivity contribution in [1.82, 2.24) is 5.16 Å². The summed E-state index contributed by atoms with van der Waals surface area (Å²) in [6.45, 7) is 2.51. The molecule has 112 valence electrons. The van der Waals surface area contributed by atoms with Gasteiger partial charge in [-0.3, -0.25) is 0 Å². The Hall–Kier alpha value is -2.82. The van der Waals surface area contributed by atoms with E-state index in [9.17, 15) is 4.79 Å². The molecule has 0 fully saturated rings. The molecule has 0 aliphatic carbocycles. The number of carbonyl (C=O) groups is 1. The first-order chi connectivity index (χ1) is 10.8. The molecule has 2 aromatic carbocycles. The van der Waals surface area contributed by atoms with Gasteiger partial charge in [0.15, 0.2) is 11.5 Å². The molecule has 22 heavy (non-hydrogen) atoms. The van der Waals surface area contributed by atoms with Gasteiger partial charge in [-0.05, 0) is 18.4 Å². The summed E-state index contributed by atoms with van der Waals surface area (Å²) in [6, 6.07) is 15.8. The van der Waals surface area contributed by atoms with Crippen molar-refractivity contribution in [2.45, 2.75) is 13.5 Å². The van der Waals surface area contributed by atoms with Crippen LogP contribution < -0.4 is 5.32 Å². The lowest BCUT2D eigenvalue weighted by Crippen LogP contribution is -2.04. The molecule has 0 aliphatic rings. The zero-order chi connectivity index (χ0) is 15.4. The molecule has 0 radical (unpaired) electrons. The normalized spacial score (nSPS) is 10.6. The third-order valence-electron chi connectivity index (χ3n) is 3.29. The predicted octanol–water partition coefficient (Wildman–Crippen LogP) is 3.62. The zero-order valence-corrected chi connectivity index (χ0v) is 12.2. The Morgan fingerprint density at radius 3 is 2.91 bits per heavy atom. The molecule has 0 bridgehead atoms. The van der Waals surface area contributed by atoms with E-state index >= 15 is 0 Å². The molecule has 1 N–H and O–H groups in total. The van der Waals surface area contributed by atoms with Crippen molar-refractivity contribution in [2.24, 2.45) is 0 Å². The predicted molar refractivity (Wildman–Crippen MR) is 83.7 cm³/mol. The largest absolute Gasteiger partial charge is 0.461 e. The van der Waals surface area contributed by atoms with Crippen LogP contribution in [0.4, 0.5) is 5.69 Å². The number of nitrogens with one attached hydrogen (secondary N) is 1. The Morgan fingerprint density at radius 2 is 2.05 bits per heavy atom. The van der Waals surface area contributed by atoms with E-state index in [1.165, 1.54) is 0 Å². The standard InChI is InChI=1S/C17H16N2O3/c1-2-21-17(20)16-10-13(22-19-16)11-18-15-9-5-7-12-6-3-4-8-14(12)15/h3-10,18H,2,11H2,1H3. The molecular weight excluding hydrogens is 280 g/mol. The van der Waals surface area contributed by atoms with Gasteiger partial charge < -0.3 is 14.6 Å². The fourth-order valence-electron chi connectivity index (χ4n) is 2.26. The minimum atomic E-state index is -0.470. The summed E-state index contributed by atoms with van der Waals surface area (Å²) in [6.07, 6.45) is 0. The van der Waals surface area contributed by atoms with Crippen molar-refractivity contribution in [3.63, 3.8) is 0 Å². The van der Waals surface area contributed by atoms with Crippen LogP contribution in [-0.4, -0.2) is 17.7 Å². The maximum absolute atomic E-state index is 11.5. The van der Waals surface area contributed by atoms with E-state index in [1.54, 1.807) is 13.0 Å². The van der Waals surface area contributed by atoms with E-state index < -0.39 is 5.97 Å². The summed E-state index contributed by atoms with van der Waals surface area (Å²) < 4.78 is 10.0. The maximum atomic E-state index is 11.5. The number of hydrogen-bond acceptors (Lipinski definition) is 5. The molecule has 3 rings (SSSR count). The topological polar surface area (TPSA) is 64.4 Å². The fourth-order valence-corrected chi connectivity index (χ4v) is 2.26. The van der Waals surface area contributed by atoms with Gasteiger partial charge in [0, 0.05) is 17.1 Å². The second kappa shape index (κ2) is 6.30. The lowest BCUT2D eigenvalue weighted by Gasteiger charge is -2.07. The van der Waals surface area contributed by atoms with E-state index in [-0.39, 0.29) is 5.69 Å². The van der Waals surface area contributed by atoms with Crippen LogP contribution in [0.3, 0.4) is 0 Å². The molecule has 0 amide bonds. The SMILES string of the molecule is CCOC(=O)c1cc(CNc2cccc3ccccc23)on1. The summed E-state index contributed by atoms with van der Waals surface area (Å²) >= 11 is 0. The number of fused-ring (bicyclic) bond motifs is 1. The molecule has 0 spiro atoms. The number of aromatic nitrogens is 1. The highest BCUT2D eigenvalue weighted by Gasteiger charge is 2.13. The van der Waals surface area contributed by atoms with Gasteiger partial charge in [0.05, 0.1) is 13.2 Å². The van der Waals surface area contributed by atoms with Crippen molar-refractivity contribution < 1.29 is 14.1 Å². The Balaban J connectivity index is 1.73. The highest BCUT2D eigenvalue weighted by molar-refractivity contribution is 5.93. The number of carbonyl (C=O) groups excluding carboxylic acids is 1. The van der Waals surface area contributed by atoms with Crippen LogP contribution >= 0.6 is 0 Å². The molecule has 0 unspecified atom stereocenters. The second-order valence-electron chi connectivity index (χ2n) is 4.78. The fraction of sp³-hybridized carbons (Fsp3) is 0.176. The van der Waals surface area contributed by atoms with Gasteiger partial charge in [-0.25, -0.2) is 4.79 Å². The summed E-state index contributed by atoms with van der Waals surface area (Å²) in [4.78, 5) is 11.5. The number of rotatable bonds is 5. The molecule has 0 aliphatic heterocycles. The average molecular weight is 296 g/mol. The number of anilines is 1. The van der Waals surface area contributed by atoms with Gasteiger partial charge in [0.1, 0.15) is 0 Å². The van der Waals surface area contributed by atoms with Gasteiger partial charge in [-0.15, -0.1) is 0 Å². The monoisotopic (exact) mass is 296 g/mol. The first-order valence-corrected chi connectivity index (χ1v) is 7.12. The summed E-state index contributed by atoms with van der Waals surface area (Å²) in [5.74, 6) is 0.110. The molecule has 5 nitrogen and oxygen atoms in total. The van der Waals surface area contributed by atoms with Gasteiger partial charge >= 0.3 is 5.97 Å². The van der Waals surface area contributed by atoms with Crippen LogP contribution in [0.5, 0.6) is 0 Å². The van der Waals surface area contributed by atoms with Crippen LogP contribution in [0.1, 0.15) is 23.2 Å². The van der Waals surface area contributed by atoms with E-state index in [1.807, 2.05) is 24.3 Å². The van der Waals surface area contributed by atoms with Gasteiger partial charge in [-0.1, -0.05) is 41.6 Å². The second-order valence-corrected chi connectivity index (χ2v) is 4.78. The molecule has 0 saturated heterocycles. The third kappa shape index (κ3) is 2.93. The third-order valence-corrected chi connectivity index (χ3v) is 3.29. The van der Waals surface area contributed by atoms with Crippen LogP contribution in [0.25, 0.3) is 10.8 Å². The highest BCUT2D eigenvalue weighted by atomic mass is 16.5. The Bertz CT molecular complexity index is 790.